The fourth-order valence-corrected chi connectivity index (χ4v) is 1.31. The number of rotatable bonds is 2. The average Bonchev–Trinajstić information content (AvgIpc) is 2.14. The molecule has 14 heavy (non-hydrogen) atoms. The van der Waals surface area contributed by atoms with Crippen LogP contribution in [0.2, 0.25) is 0 Å². The molecule has 1 heterocycles. The lowest BCUT2D eigenvalue weighted by Crippen LogP contribution is -2.60. The molecule has 1 aliphatic rings. The molecule has 1 saturated heterocycles. The van der Waals surface area contributed by atoms with Crippen LogP contribution in [0.25, 0.3) is 0 Å². The van der Waals surface area contributed by atoms with Crippen LogP contribution in [0.1, 0.15) is 0 Å². The van der Waals surface area contributed by atoms with Gasteiger partial charge in [-0.1, -0.05) is 0 Å². The molecule has 0 radical (unpaired) electrons. The number of carboxylic acid groups (broad SMARTS) is 1. The van der Waals surface area contributed by atoms with Crippen LogP contribution in [-0.2, 0) is 9.53 Å². The second-order valence-corrected chi connectivity index (χ2v) is 3.09. The molecular weight excluding hydrogens is 196 g/mol. The molecule has 82 valence electrons. The van der Waals surface area contributed by atoms with Gasteiger partial charge in [-0.3, -0.25) is 0 Å². The van der Waals surface area contributed by atoms with Gasteiger partial charge in [0.1, 0.15) is 24.4 Å². The van der Waals surface area contributed by atoms with E-state index in [1.54, 1.807) is 0 Å². The summed E-state index contributed by atoms with van der Waals surface area (Å²) in [6, 6.07) is 0. The van der Waals surface area contributed by atoms with Gasteiger partial charge < -0.3 is 30.3 Å². The van der Waals surface area contributed by atoms with Crippen molar-refractivity contribution >= 4 is 5.97 Å². The first kappa shape index (κ1) is 11.3. The molecule has 7 nitrogen and oxygen atoms in total. The summed E-state index contributed by atoms with van der Waals surface area (Å²) in [6.45, 7) is -0.630. The van der Waals surface area contributed by atoms with Crippen molar-refractivity contribution in [2.45, 2.75) is 30.5 Å². The third kappa shape index (κ3) is 1.86. The Morgan fingerprint density at radius 1 is 1.14 bits per heavy atom. The van der Waals surface area contributed by atoms with E-state index in [2.05, 4.69) is 4.74 Å². The first-order valence-corrected chi connectivity index (χ1v) is 4.02. The van der Waals surface area contributed by atoms with Crippen molar-refractivity contribution in [2.75, 3.05) is 6.61 Å². The lowest BCUT2D eigenvalue weighted by molar-refractivity contribution is -0.233. The van der Waals surface area contributed by atoms with Gasteiger partial charge >= 0.3 is 5.97 Å². The van der Waals surface area contributed by atoms with Crippen LogP contribution >= 0.6 is 0 Å². The fraction of sp³-hybridized carbons (Fsp3) is 0.857. The topological polar surface area (TPSA) is 127 Å². The summed E-state index contributed by atoms with van der Waals surface area (Å²) in [5.41, 5.74) is 0. The van der Waals surface area contributed by atoms with E-state index in [1.165, 1.54) is 0 Å². The van der Waals surface area contributed by atoms with Crippen molar-refractivity contribution in [3.63, 3.8) is 0 Å². The Hall–Kier alpha value is -0.730. The maximum atomic E-state index is 10.5. The minimum atomic E-state index is -1.70. The molecule has 0 amide bonds. The van der Waals surface area contributed by atoms with Crippen LogP contribution in [0.15, 0.2) is 0 Å². The van der Waals surface area contributed by atoms with E-state index in [-0.39, 0.29) is 0 Å². The summed E-state index contributed by atoms with van der Waals surface area (Å²) in [7, 11) is 0. The second kappa shape index (κ2) is 4.20. The molecule has 0 bridgehead atoms. The Kier molecular flexibility index (Phi) is 3.40. The molecule has 0 spiro atoms. The third-order valence-corrected chi connectivity index (χ3v) is 2.14. The maximum Gasteiger partial charge on any atom is 0.335 e. The van der Waals surface area contributed by atoms with Crippen LogP contribution in [-0.4, -0.2) is 68.6 Å². The van der Waals surface area contributed by atoms with E-state index in [0.717, 1.165) is 0 Å². The molecule has 7 heteroatoms. The van der Waals surface area contributed by atoms with Gasteiger partial charge in [-0.25, -0.2) is 4.79 Å². The van der Waals surface area contributed by atoms with E-state index in [4.69, 9.17) is 10.2 Å². The molecular formula is C7H12O7. The SMILES string of the molecule is O=C(O)[C@@H]1O[C@H](CO)[C@H](O)[C@H](O)[C@H]1O. The molecule has 5 N–H and O–H groups in total. The quantitative estimate of drug-likeness (QED) is 0.325. The molecule has 1 rings (SSSR count). The summed E-state index contributed by atoms with van der Waals surface area (Å²) >= 11 is 0. The Balaban J connectivity index is 2.78. The van der Waals surface area contributed by atoms with Gasteiger partial charge in [-0.15, -0.1) is 0 Å². The molecule has 1 aliphatic heterocycles. The largest absolute Gasteiger partial charge is 0.479 e. The highest BCUT2D eigenvalue weighted by Gasteiger charge is 2.46. The van der Waals surface area contributed by atoms with Crippen molar-refractivity contribution in [3.8, 4) is 0 Å². The lowest BCUT2D eigenvalue weighted by atomic mass is 9.95. The second-order valence-electron chi connectivity index (χ2n) is 3.09. The fourth-order valence-electron chi connectivity index (χ4n) is 1.31. The molecule has 1 fully saturated rings. The number of ether oxygens (including phenoxy) is 1. The summed E-state index contributed by atoms with van der Waals surface area (Å²) in [5.74, 6) is -1.46. The van der Waals surface area contributed by atoms with Crippen LogP contribution < -0.4 is 0 Å². The monoisotopic (exact) mass is 208 g/mol. The van der Waals surface area contributed by atoms with Crippen molar-refractivity contribution < 1.29 is 35.1 Å². The Morgan fingerprint density at radius 2 is 1.71 bits per heavy atom. The van der Waals surface area contributed by atoms with Crippen LogP contribution in [0.5, 0.6) is 0 Å². The van der Waals surface area contributed by atoms with Crippen LogP contribution in [0.3, 0.4) is 0 Å². The molecule has 0 aromatic rings. The molecule has 5 atom stereocenters. The lowest BCUT2D eigenvalue weighted by Gasteiger charge is -2.38. The first-order chi connectivity index (χ1) is 6.49. The zero-order valence-corrected chi connectivity index (χ0v) is 7.15. The highest BCUT2D eigenvalue weighted by Crippen LogP contribution is 2.20. The minimum Gasteiger partial charge on any atom is -0.479 e. The number of aliphatic hydroxyl groups is 4. The van der Waals surface area contributed by atoms with Gasteiger partial charge in [0, 0.05) is 0 Å². The highest BCUT2D eigenvalue weighted by atomic mass is 16.6. The standard InChI is InChI=1S/C7H12O7/c8-1-2-3(9)4(10)5(11)6(14-2)7(12)13/h2-6,8-11H,1H2,(H,12,13)/t2-,3+,4+,5-,6-/m1/s1. The zero-order chi connectivity index (χ0) is 10.9. The molecule has 0 aromatic heterocycles. The van der Waals surface area contributed by atoms with Crippen LogP contribution in [0.4, 0.5) is 0 Å². The van der Waals surface area contributed by atoms with E-state index < -0.39 is 43.1 Å². The number of aliphatic carboxylic acids is 1. The third-order valence-electron chi connectivity index (χ3n) is 2.14. The number of hydrogen-bond acceptors (Lipinski definition) is 6. The highest BCUT2D eigenvalue weighted by molar-refractivity contribution is 5.73. The molecule has 0 unspecified atom stereocenters. The van der Waals surface area contributed by atoms with Crippen molar-refractivity contribution in [2.24, 2.45) is 0 Å². The van der Waals surface area contributed by atoms with Gasteiger partial charge in [0.2, 0.25) is 0 Å². The first-order valence-electron chi connectivity index (χ1n) is 4.02. The maximum absolute atomic E-state index is 10.5. The average molecular weight is 208 g/mol. The Morgan fingerprint density at radius 3 is 2.14 bits per heavy atom. The molecule has 0 aromatic carbocycles. The van der Waals surface area contributed by atoms with Gasteiger partial charge in [-0.05, 0) is 0 Å². The summed E-state index contributed by atoms with van der Waals surface area (Å²) in [4.78, 5) is 10.5. The van der Waals surface area contributed by atoms with E-state index in [1.807, 2.05) is 0 Å². The predicted molar refractivity (Wildman–Crippen MR) is 41.4 cm³/mol. The number of aliphatic hydroxyl groups excluding tert-OH is 4. The van der Waals surface area contributed by atoms with E-state index >= 15 is 0 Å². The number of carboxylic acids is 1. The summed E-state index contributed by atoms with van der Waals surface area (Å²) < 4.78 is 4.68. The van der Waals surface area contributed by atoms with E-state index in [0.29, 0.717) is 0 Å². The van der Waals surface area contributed by atoms with E-state index in [9.17, 15) is 20.1 Å². The zero-order valence-electron chi connectivity index (χ0n) is 7.15. The number of carbonyl (C=O) groups is 1. The summed E-state index contributed by atoms with van der Waals surface area (Å²) in [6.07, 6.45) is -7.67. The smallest absolute Gasteiger partial charge is 0.335 e. The Labute approximate surface area is 79.2 Å². The number of hydrogen-bond donors (Lipinski definition) is 5. The summed E-state index contributed by atoms with van der Waals surface area (Å²) in [5, 5.41) is 44.9. The minimum absolute atomic E-state index is 0.630. The molecule has 0 saturated carbocycles. The van der Waals surface area contributed by atoms with Crippen molar-refractivity contribution in [1.29, 1.82) is 0 Å². The van der Waals surface area contributed by atoms with Crippen molar-refractivity contribution in [3.05, 3.63) is 0 Å². The van der Waals surface area contributed by atoms with Gasteiger partial charge in [-0.2, -0.15) is 0 Å². The normalized spacial score (nSPS) is 43.6. The molecule has 0 aliphatic carbocycles. The van der Waals surface area contributed by atoms with Gasteiger partial charge in [0.05, 0.1) is 6.61 Å². The van der Waals surface area contributed by atoms with Crippen molar-refractivity contribution in [1.82, 2.24) is 0 Å². The Bertz CT molecular complexity index is 216. The van der Waals surface area contributed by atoms with Gasteiger partial charge in [0.25, 0.3) is 0 Å². The van der Waals surface area contributed by atoms with Gasteiger partial charge in [0.15, 0.2) is 6.10 Å². The predicted octanol–water partition coefficient (Wildman–Crippen LogP) is -3.09. The van der Waals surface area contributed by atoms with Crippen LogP contribution in [0, 0.1) is 0 Å².